The molecule has 8 nitrogen and oxygen atoms in total. The van der Waals surface area contributed by atoms with Gasteiger partial charge in [0.15, 0.2) is 11.5 Å². The molecule has 9 heteroatoms. The highest BCUT2D eigenvalue weighted by molar-refractivity contribution is 5.99. The Morgan fingerprint density at radius 3 is 2.58 bits per heavy atom. The van der Waals surface area contributed by atoms with Gasteiger partial charge in [-0.15, -0.1) is 12.4 Å². The lowest BCUT2D eigenvalue weighted by Crippen LogP contribution is -2.42. The molecule has 0 aromatic heterocycles. The van der Waals surface area contributed by atoms with Crippen LogP contribution in [0.2, 0.25) is 0 Å². The van der Waals surface area contributed by atoms with Gasteiger partial charge >= 0.3 is 0 Å². The molecular weight excluding hydrogens is 338 g/mol. The lowest BCUT2D eigenvalue weighted by atomic mass is 10.1. The Hall–Kier alpha value is -2.06. The molecule has 1 amide bonds. The molecule has 0 radical (unpaired) electrons. The number of piperidine rings is 1. The lowest BCUT2D eigenvalue weighted by molar-refractivity contribution is -0.385. The quantitative estimate of drug-likeness (QED) is 0.594. The van der Waals surface area contributed by atoms with E-state index in [4.69, 9.17) is 9.47 Å². The number of amides is 1. The second-order valence-corrected chi connectivity index (χ2v) is 5.21. The van der Waals surface area contributed by atoms with Crippen LogP contribution in [0.5, 0.6) is 11.5 Å². The van der Waals surface area contributed by atoms with Crippen LogP contribution in [0, 0.1) is 10.1 Å². The van der Waals surface area contributed by atoms with Crippen molar-refractivity contribution in [2.75, 3.05) is 26.8 Å². The molecule has 24 heavy (non-hydrogen) atoms. The number of carbonyl (C=O) groups is 1. The van der Waals surface area contributed by atoms with Crippen LogP contribution in [0.15, 0.2) is 12.1 Å². The van der Waals surface area contributed by atoms with Gasteiger partial charge in [-0.05, 0) is 32.9 Å². The number of hydrogen-bond donors (Lipinski definition) is 2. The van der Waals surface area contributed by atoms with Crippen LogP contribution in [0.4, 0.5) is 5.69 Å². The van der Waals surface area contributed by atoms with Crippen molar-refractivity contribution in [2.45, 2.75) is 25.8 Å². The van der Waals surface area contributed by atoms with Crippen LogP contribution in [-0.4, -0.2) is 43.7 Å². The summed E-state index contributed by atoms with van der Waals surface area (Å²) >= 11 is 0. The van der Waals surface area contributed by atoms with Crippen molar-refractivity contribution in [3.8, 4) is 11.5 Å². The van der Waals surface area contributed by atoms with Gasteiger partial charge in [-0.3, -0.25) is 14.9 Å². The van der Waals surface area contributed by atoms with E-state index in [1.807, 2.05) is 0 Å². The van der Waals surface area contributed by atoms with Crippen molar-refractivity contribution >= 4 is 24.0 Å². The number of nitrogens with zero attached hydrogens (tertiary/aromatic N) is 1. The third kappa shape index (κ3) is 4.72. The van der Waals surface area contributed by atoms with Gasteiger partial charge in [0, 0.05) is 12.1 Å². The third-order valence-corrected chi connectivity index (χ3v) is 3.70. The first kappa shape index (κ1) is 20.0. The van der Waals surface area contributed by atoms with Gasteiger partial charge in [0.2, 0.25) is 0 Å². The summed E-state index contributed by atoms with van der Waals surface area (Å²) in [7, 11) is 1.40. The first-order chi connectivity index (χ1) is 11.1. The summed E-state index contributed by atoms with van der Waals surface area (Å²) < 4.78 is 10.5. The molecule has 1 fully saturated rings. The van der Waals surface area contributed by atoms with Crippen LogP contribution in [0.3, 0.4) is 0 Å². The number of methoxy groups -OCH3 is 1. The molecular formula is C15H22ClN3O5. The van der Waals surface area contributed by atoms with Crippen molar-refractivity contribution in [1.29, 1.82) is 0 Å². The summed E-state index contributed by atoms with van der Waals surface area (Å²) in [5.41, 5.74) is -0.311. The normalized spacial score (nSPS) is 14.4. The molecule has 1 saturated heterocycles. The fourth-order valence-corrected chi connectivity index (χ4v) is 2.54. The minimum absolute atomic E-state index is 0. The Labute approximate surface area is 146 Å². The van der Waals surface area contributed by atoms with Gasteiger partial charge in [0.25, 0.3) is 11.6 Å². The standard InChI is InChI=1S/C15H21N3O5.ClH/c1-3-23-14-8-11(12(18(20)21)9-13(14)22-2)15(19)17-10-4-6-16-7-5-10;/h8-10,16H,3-7H2,1-2H3,(H,17,19);1H. The summed E-state index contributed by atoms with van der Waals surface area (Å²) in [4.78, 5) is 23.1. The highest BCUT2D eigenvalue weighted by Crippen LogP contribution is 2.34. The SMILES string of the molecule is CCOc1cc(C(=O)NC2CCNCC2)c([N+](=O)[O-])cc1OC.Cl. The number of rotatable bonds is 6. The number of ether oxygens (including phenoxy) is 2. The lowest BCUT2D eigenvalue weighted by Gasteiger charge is -2.23. The molecule has 2 N–H and O–H groups in total. The van der Waals surface area contributed by atoms with E-state index in [-0.39, 0.29) is 35.4 Å². The number of carbonyl (C=O) groups excluding carboxylic acids is 1. The Morgan fingerprint density at radius 2 is 2.04 bits per heavy atom. The Bertz CT molecular complexity index is 591. The molecule has 134 valence electrons. The minimum atomic E-state index is -0.588. The molecule has 0 atom stereocenters. The maximum absolute atomic E-state index is 12.5. The van der Waals surface area contributed by atoms with Crippen LogP contribution in [0.1, 0.15) is 30.1 Å². The van der Waals surface area contributed by atoms with Crippen molar-refractivity contribution < 1.29 is 19.2 Å². The summed E-state index contributed by atoms with van der Waals surface area (Å²) in [6.07, 6.45) is 1.60. The molecule has 0 aliphatic carbocycles. The predicted octanol–water partition coefficient (Wildman–Crippen LogP) is 1.91. The second kappa shape index (κ2) is 9.29. The molecule has 0 spiro atoms. The maximum Gasteiger partial charge on any atom is 0.286 e. The summed E-state index contributed by atoms with van der Waals surface area (Å²) in [6.45, 7) is 3.79. The molecule has 0 saturated carbocycles. The highest BCUT2D eigenvalue weighted by Gasteiger charge is 2.26. The summed E-state index contributed by atoms with van der Waals surface area (Å²) in [5.74, 6) is 0.0835. The second-order valence-electron chi connectivity index (χ2n) is 5.21. The fraction of sp³-hybridized carbons (Fsp3) is 0.533. The van der Waals surface area contributed by atoms with Gasteiger partial charge in [0.1, 0.15) is 5.56 Å². The number of nitro groups is 1. The molecule has 2 rings (SSSR count). The van der Waals surface area contributed by atoms with Gasteiger partial charge in [-0.2, -0.15) is 0 Å². The number of benzene rings is 1. The van der Waals surface area contributed by atoms with E-state index in [1.54, 1.807) is 6.92 Å². The zero-order valence-electron chi connectivity index (χ0n) is 13.7. The van der Waals surface area contributed by atoms with E-state index >= 15 is 0 Å². The smallest absolute Gasteiger partial charge is 0.286 e. The molecule has 1 aliphatic heterocycles. The Morgan fingerprint density at radius 1 is 1.38 bits per heavy atom. The average Bonchev–Trinajstić information content (AvgIpc) is 2.55. The molecule has 1 aromatic rings. The monoisotopic (exact) mass is 359 g/mol. The third-order valence-electron chi connectivity index (χ3n) is 3.70. The number of hydrogen-bond acceptors (Lipinski definition) is 6. The van der Waals surface area contributed by atoms with Crippen molar-refractivity contribution in [3.63, 3.8) is 0 Å². The van der Waals surface area contributed by atoms with Crippen molar-refractivity contribution in [2.24, 2.45) is 0 Å². The first-order valence-corrected chi connectivity index (χ1v) is 7.57. The number of halogens is 1. The van der Waals surface area contributed by atoms with Crippen molar-refractivity contribution in [3.05, 3.63) is 27.8 Å². The van der Waals surface area contributed by atoms with Crippen LogP contribution < -0.4 is 20.1 Å². The molecule has 0 unspecified atom stereocenters. The van der Waals surface area contributed by atoms with Crippen LogP contribution >= 0.6 is 12.4 Å². The average molecular weight is 360 g/mol. The van der Waals surface area contributed by atoms with E-state index in [1.165, 1.54) is 19.2 Å². The molecule has 1 heterocycles. The van der Waals surface area contributed by atoms with E-state index in [2.05, 4.69) is 10.6 Å². The number of nitrogens with one attached hydrogen (secondary N) is 2. The summed E-state index contributed by atoms with van der Waals surface area (Å²) in [5, 5.41) is 17.3. The van der Waals surface area contributed by atoms with Gasteiger partial charge in [0.05, 0.1) is 24.7 Å². The molecule has 0 bridgehead atoms. The largest absolute Gasteiger partial charge is 0.493 e. The first-order valence-electron chi connectivity index (χ1n) is 7.57. The summed E-state index contributed by atoms with van der Waals surface area (Å²) in [6, 6.07) is 2.61. The zero-order chi connectivity index (χ0) is 16.8. The predicted molar refractivity (Wildman–Crippen MR) is 91.4 cm³/mol. The minimum Gasteiger partial charge on any atom is -0.493 e. The topological polar surface area (TPSA) is 103 Å². The number of nitro benzene ring substituents is 1. The molecule has 1 aliphatic rings. The van der Waals surface area contributed by atoms with E-state index in [0.29, 0.717) is 12.4 Å². The van der Waals surface area contributed by atoms with Gasteiger partial charge < -0.3 is 20.1 Å². The van der Waals surface area contributed by atoms with Gasteiger partial charge in [-0.25, -0.2) is 0 Å². The Kier molecular flexibility index (Phi) is 7.73. The highest BCUT2D eigenvalue weighted by atomic mass is 35.5. The van der Waals surface area contributed by atoms with Crippen LogP contribution in [0.25, 0.3) is 0 Å². The Balaban J connectivity index is 0.00000288. The van der Waals surface area contributed by atoms with E-state index in [9.17, 15) is 14.9 Å². The van der Waals surface area contributed by atoms with Crippen LogP contribution in [-0.2, 0) is 0 Å². The maximum atomic E-state index is 12.5. The van der Waals surface area contributed by atoms with Gasteiger partial charge in [-0.1, -0.05) is 0 Å². The van der Waals surface area contributed by atoms with Crippen molar-refractivity contribution in [1.82, 2.24) is 10.6 Å². The fourth-order valence-electron chi connectivity index (χ4n) is 2.54. The zero-order valence-corrected chi connectivity index (χ0v) is 14.5. The molecule has 1 aromatic carbocycles. The van der Waals surface area contributed by atoms with E-state index in [0.717, 1.165) is 25.9 Å². The van der Waals surface area contributed by atoms with E-state index < -0.39 is 10.8 Å².